The number of carbonyl (C=O) groups excluding carboxylic acids is 1. The summed E-state index contributed by atoms with van der Waals surface area (Å²) in [4.78, 5) is 14.2. The Hall–Kier alpha value is -1.51. The van der Waals surface area contributed by atoms with Crippen LogP contribution in [0.5, 0.6) is 5.75 Å². The molecule has 3 heteroatoms. The van der Waals surface area contributed by atoms with E-state index in [1.807, 2.05) is 17.9 Å². The molecule has 0 saturated carbocycles. The molecule has 92 valence electrons. The lowest BCUT2D eigenvalue weighted by Gasteiger charge is -2.22. The smallest absolute Gasteiger partial charge is 0.257 e. The van der Waals surface area contributed by atoms with Crippen molar-refractivity contribution in [3.05, 3.63) is 29.3 Å². The van der Waals surface area contributed by atoms with E-state index in [1.165, 1.54) is 0 Å². The summed E-state index contributed by atoms with van der Waals surface area (Å²) < 4.78 is 0. The number of aryl methyl sites for hydroxylation is 1. The van der Waals surface area contributed by atoms with Gasteiger partial charge in [-0.25, -0.2) is 0 Å². The number of amides is 1. The number of phenols is 1. The Labute approximate surface area is 102 Å². The van der Waals surface area contributed by atoms with Crippen molar-refractivity contribution in [3.8, 4) is 5.75 Å². The number of nitrogens with zero attached hydrogens (tertiary/aromatic N) is 1. The van der Waals surface area contributed by atoms with Crippen LogP contribution >= 0.6 is 0 Å². The van der Waals surface area contributed by atoms with Crippen molar-refractivity contribution in [2.45, 2.75) is 33.2 Å². The first-order valence-corrected chi connectivity index (χ1v) is 6.09. The van der Waals surface area contributed by atoms with Crippen molar-refractivity contribution >= 4 is 5.91 Å². The molecule has 0 radical (unpaired) electrons. The van der Waals surface area contributed by atoms with Crippen LogP contribution in [-0.2, 0) is 0 Å². The van der Waals surface area contributed by atoms with Crippen molar-refractivity contribution in [1.82, 2.24) is 4.90 Å². The van der Waals surface area contributed by atoms with Crippen LogP contribution in [0.3, 0.4) is 0 Å². The minimum Gasteiger partial charge on any atom is -0.507 e. The Balaban J connectivity index is 2.25. The first-order valence-electron chi connectivity index (χ1n) is 6.09. The molecule has 1 N–H and O–H groups in total. The van der Waals surface area contributed by atoms with E-state index in [9.17, 15) is 9.90 Å². The van der Waals surface area contributed by atoms with Gasteiger partial charge >= 0.3 is 0 Å². The van der Waals surface area contributed by atoms with Gasteiger partial charge in [0.05, 0.1) is 5.56 Å². The van der Waals surface area contributed by atoms with Crippen LogP contribution in [0.2, 0.25) is 0 Å². The Morgan fingerprint density at radius 1 is 1.41 bits per heavy atom. The maximum absolute atomic E-state index is 12.3. The molecule has 1 fully saturated rings. The lowest BCUT2D eigenvalue weighted by molar-refractivity contribution is 0.0741. The maximum atomic E-state index is 12.3. The summed E-state index contributed by atoms with van der Waals surface area (Å²) in [6, 6.07) is 5.47. The number of rotatable bonds is 1. The fourth-order valence-corrected chi connectivity index (χ4v) is 2.56. The van der Waals surface area contributed by atoms with Crippen LogP contribution in [0.15, 0.2) is 18.2 Å². The highest BCUT2D eigenvalue weighted by Gasteiger charge is 2.31. The quantitative estimate of drug-likeness (QED) is 0.810. The summed E-state index contributed by atoms with van der Waals surface area (Å²) in [6.07, 6.45) is 1.04. The number of phenolic OH excluding ortho intramolecular Hbond substituents is 1. The summed E-state index contributed by atoms with van der Waals surface area (Å²) in [5.74, 6) is 0.572. The number of benzene rings is 1. The third kappa shape index (κ3) is 2.28. The summed E-state index contributed by atoms with van der Waals surface area (Å²) >= 11 is 0. The topological polar surface area (TPSA) is 40.5 Å². The zero-order chi connectivity index (χ0) is 12.6. The maximum Gasteiger partial charge on any atom is 0.257 e. The Bertz CT molecular complexity index is 442. The molecule has 0 aromatic heterocycles. The van der Waals surface area contributed by atoms with E-state index in [-0.39, 0.29) is 17.7 Å². The highest BCUT2D eigenvalue weighted by atomic mass is 16.3. The summed E-state index contributed by atoms with van der Waals surface area (Å²) in [5.41, 5.74) is 1.37. The first kappa shape index (κ1) is 12.0. The van der Waals surface area contributed by atoms with Gasteiger partial charge in [0.15, 0.2) is 0 Å². The van der Waals surface area contributed by atoms with E-state index in [0.29, 0.717) is 11.5 Å². The van der Waals surface area contributed by atoms with E-state index in [1.54, 1.807) is 12.1 Å². The summed E-state index contributed by atoms with van der Waals surface area (Å²) in [7, 11) is 0. The lowest BCUT2D eigenvalue weighted by Crippen LogP contribution is -2.33. The SMILES string of the molecule is Cc1ccc(C(=O)N2CC(C)CC2C)c(O)c1. The van der Waals surface area contributed by atoms with Crippen molar-refractivity contribution in [1.29, 1.82) is 0 Å². The first-order chi connectivity index (χ1) is 7.99. The van der Waals surface area contributed by atoms with E-state index in [4.69, 9.17) is 0 Å². The number of likely N-dealkylation sites (tertiary alicyclic amines) is 1. The van der Waals surface area contributed by atoms with E-state index >= 15 is 0 Å². The third-order valence-electron chi connectivity index (χ3n) is 3.43. The zero-order valence-corrected chi connectivity index (χ0v) is 10.6. The molecular weight excluding hydrogens is 214 g/mol. The van der Waals surface area contributed by atoms with Crippen molar-refractivity contribution in [3.63, 3.8) is 0 Å². The lowest BCUT2D eigenvalue weighted by atomic mass is 10.1. The minimum atomic E-state index is -0.0562. The van der Waals surface area contributed by atoms with Crippen molar-refractivity contribution in [2.24, 2.45) is 5.92 Å². The number of hydrogen-bond donors (Lipinski definition) is 1. The Kier molecular flexibility index (Phi) is 3.09. The van der Waals surface area contributed by atoms with Gasteiger partial charge in [0.25, 0.3) is 5.91 Å². The van der Waals surface area contributed by atoms with Gasteiger partial charge in [0, 0.05) is 12.6 Å². The molecule has 1 amide bonds. The Morgan fingerprint density at radius 2 is 2.12 bits per heavy atom. The average Bonchev–Trinajstić information content (AvgIpc) is 2.57. The van der Waals surface area contributed by atoms with Gasteiger partial charge < -0.3 is 10.0 Å². The van der Waals surface area contributed by atoms with E-state index < -0.39 is 0 Å². The molecule has 1 heterocycles. The fourth-order valence-electron chi connectivity index (χ4n) is 2.56. The van der Waals surface area contributed by atoms with Gasteiger partial charge in [-0.15, -0.1) is 0 Å². The molecule has 3 nitrogen and oxygen atoms in total. The monoisotopic (exact) mass is 233 g/mol. The average molecular weight is 233 g/mol. The molecule has 1 saturated heterocycles. The van der Waals surface area contributed by atoms with Gasteiger partial charge in [0.1, 0.15) is 5.75 Å². The van der Waals surface area contributed by atoms with Crippen LogP contribution in [0, 0.1) is 12.8 Å². The molecule has 1 aromatic rings. The van der Waals surface area contributed by atoms with Gasteiger partial charge in [-0.3, -0.25) is 4.79 Å². The van der Waals surface area contributed by atoms with E-state index in [2.05, 4.69) is 13.8 Å². The van der Waals surface area contributed by atoms with Crippen LogP contribution < -0.4 is 0 Å². The number of carbonyl (C=O) groups is 1. The van der Waals surface area contributed by atoms with Gasteiger partial charge in [-0.2, -0.15) is 0 Å². The molecule has 0 spiro atoms. The third-order valence-corrected chi connectivity index (χ3v) is 3.43. The van der Waals surface area contributed by atoms with Crippen LogP contribution in [-0.4, -0.2) is 28.5 Å². The predicted molar refractivity (Wildman–Crippen MR) is 67.1 cm³/mol. The zero-order valence-electron chi connectivity index (χ0n) is 10.6. The molecule has 0 bridgehead atoms. The highest BCUT2D eigenvalue weighted by molar-refractivity contribution is 5.97. The Morgan fingerprint density at radius 3 is 2.65 bits per heavy atom. The molecule has 1 aliphatic heterocycles. The van der Waals surface area contributed by atoms with Crippen molar-refractivity contribution in [2.75, 3.05) is 6.54 Å². The largest absolute Gasteiger partial charge is 0.507 e. The van der Waals surface area contributed by atoms with Crippen molar-refractivity contribution < 1.29 is 9.90 Å². The summed E-state index contributed by atoms with van der Waals surface area (Å²) in [6.45, 7) is 6.90. The normalized spacial score (nSPS) is 24.1. The van der Waals surface area contributed by atoms with Crippen LogP contribution in [0.1, 0.15) is 36.2 Å². The van der Waals surface area contributed by atoms with Gasteiger partial charge in [-0.05, 0) is 43.9 Å². The molecule has 1 aromatic carbocycles. The molecule has 0 aliphatic carbocycles. The van der Waals surface area contributed by atoms with Gasteiger partial charge in [-0.1, -0.05) is 13.0 Å². The van der Waals surface area contributed by atoms with E-state index in [0.717, 1.165) is 18.5 Å². The second-order valence-corrected chi connectivity index (χ2v) is 5.17. The molecule has 2 rings (SSSR count). The second-order valence-electron chi connectivity index (χ2n) is 5.17. The molecular formula is C14H19NO2. The number of hydrogen-bond acceptors (Lipinski definition) is 2. The molecule has 17 heavy (non-hydrogen) atoms. The molecule has 2 unspecified atom stereocenters. The minimum absolute atomic E-state index is 0.0562. The highest BCUT2D eigenvalue weighted by Crippen LogP contribution is 2.27. The molecule has 2 atom stereocenters. The predicted octanol–water partition coefficient (Wildman–Crippen LogP) is 2.57. The van der Waals surface area contributed by atoms with Crippen LogP contribution in [0.25, 0.3) is 0 Å². The fraction of sp³-hybridized carbons (Fsp3) is 0.500. The molecule has 1 aliphatic rings. The second kappa shape index (κ2) is 4.40. The van der Waals surface area contributed by atoms with Crippen LogP contribution in [0.4, 0.5) is 0 Å². The number of aromatic hydroxyl groups is 1. The summed E-state index contributed by atoms with van der Waals surface area (Å²) in [5, 5.41) is 9.83. The van der Waals surface area contributed by atoms with Gasteiger partial charge in [0.2, 0.25) is 0 Å². The standard InChI is InChI=1S/C14H19NO2/c1-9-4-5-12(13(16)7-9)14(17)15-8-10(2)6-11(15)3/h4-5,7,10-11,16H,6,8H2,1-3H3.